The Balaban J connectivity index is 1.68. The third kappa shape index (κ3) is 4.03. The van der Waals surface area contributed by atoms with E-state index in [0.717, 1.165) is 36.8 Å². The molecule has 0 bridgehead atoms. The molecule has 0 aromatic heterocycles. The number of nitrogens with one attached hydrogen (secondary N) is 1. The summed E-state index contributed by atoms with van der Waals surface area (Å²) in [6.07, 6.45) is 8.33. The van der Waals surface area contributed by atoms with E-state index in [2.05, 4.69) is 10.2 Å². The van der Waals surface area contributed by atoms with Crippen LogP contribution < -0.4 is 11.1 Å². The van der Waals surface area contributed by atoms with Gasteiger partial charge >= 0.3 is 6.03 Å². The van der Waals surface area contributed by atoms with Gasteiger partial charge in [0, 0.05) is 24.2 Å². The highest BCUT2D eigenvalue weighted by molar-refractivity contribution is 5.95. The molecule has 124 valence electrons. The number of rotatable bonds is 5. The van der Waals surface area contributed by atoms with Crippen molar-refractivity contribution in [2.45, 2.75) is 63.6 Å². The predicted octanol–water partition coefficient (Wildman–Crippen LogP) is 2.79. The minimum absolute atomic E-state index is 0.161. The highest BCUT2D eigenvalue weighted by atomic mass is 16.2. The Morgan fingerprint density at radius 2 is 1.61 bits per heavy atom. The van der Waals surface area contributed by atoms with Crippen molar-refractivity contribution in [1.29, 1.82) is 0 Å². The fourth-order valence-electron chi connectivity index (χ4n) is 3.45. The second-order valence-corrected chi connectivity index (χ2v) is 6.65. The second-order valence-electron chi connectivity index (χ2n) is 6.65. The van der Waals surface area contributed by atoms with E-state index in [9.17, 15) is 9.59 Å². The molecule has 1 aromatic carbocycles. The maximum absolute atomic E-state index is 12.9. The van der Waals surface area contributed by atoms with Gasteiger partial charge in [-0.2, -0.15) is 0 Å². The van der Waals surface area contributed by atoms with E-state index in [1.54, 1.807) is 0 Å². The molecule has 2 aliphatic carbocycles. The maximum atomic E-state index is 12.9. The molecular formula is C18H25N3O2. The average molecular weight is 315 g/mol. The number of urea groups is 1. The van der Waals surface area contributed by atoms with Crippen molar-refractivity contribution in [3.05, 3.63) is 35.4 Å². The molecule has 0 spiro atoms. The van der Waals surface area contributed by atoms with Gasteiger partial charge in [-0.3, -0.25) is 4.79 Å². The third-order valence-electron chi connectivity index (χ3n) is 4.81. The van der Waals surface area contributed by atoms with Crippen molar-refractivity contribution < 1.29 is 9.59 Å². The average Bonchev–Trinajstić information content (AvgIpc) is 3.39. The highest BCUT2D eigenvalue weighted by Crippen LogP contribution is 2.34. The van der Waals surface area contributed by atoms with Crippen molar-refractivity contribution in [2.24, 2.45) is 5.73 Å². The Labute approximate surface area is 137 Å². The molecule has 0 saturated heterocycles. The van der Waals surface area contributed by atoms with E-state index >= 15 is 0 Å². The summed E-state index contributed by atoms with van der Waals surface area (Å²) in [5.74, 6) is 0.161. The molecule has 0 unspecified atom stereocenters. The maximum Gasteiger partial charge on any atom is 0.312 e. The van der Waals surface area contributed by atoms with E-state index < -0.39 is 6.03 Å². The van der Waals surface area contributed by atoms with Crippen LogP contribution in [0.3, 0.4) is 0 Å². The van der Waals surface area contributed by atoms with E-state index in [1.807, 2.05) is 24.3 Å². The summed E-state index contributed by atoms with van der Waals surface area (Å²) < 4.78 is 0. The quantitative estimate of drug-likeness (QED) is 0.876. The van der Waals surface area contributed by atoms with Crippen molar-refractivity contribution in [3.63, 3.8) is 0 Å². The number of hydrogen-bond donors (Lipinski definition) is 2. The molecule has 3 amide bonds. The first-order valence-corrected chi connectivity index (χ1v) is 8.60. The molecule has 0 aliphatic heterocycles. The van der Waals surface area contributed by atoms with E-state index in [1.165, 1.54) is 19.3 Å². The number of nitrogens with zero attached hydrogens (tertiary/aromatic N) is 1. The summed E-state index contributed by atoms with van der Waals surface area (Å²) in [4.78, 5) is 25.8. The van der Waals surface area contributed by atoms with E-state index in [4.69, 9.17) is 5.73 Å². The molecule has 3 N–H and O–H groups in total. The number of carbonyl (C=O) groups excluding carboxylic acids is 2. The molecular weight excluding hydrogens is 290 g/mol. The molecule has 2 saturated carbocycles. The van der Waals surface area contributed by atoms with Crippen LogP contribution in [0.15, 0.2) is 24.3 Å². The van der Waals surface area contributed by atoms with Gasteiger partial charge in [-0.05, 0) is 43.4 Å². The van der Waals surface area contributed by atoms with Crippen molar-refractivity contribution in [3.8, 4) is 0 Å². The molecule has 5 nitrogen and oxygen atoms in total. The Morgan fingerprint density at radius 3 is 2.17 bits per heavy atom. The normalized spacial score (nSPS) is 18.4. The molecule has 23 heavy (non-hydrogen) atoms. The van der Waals surface area contributed by atoms with Gasteiger partial charge in [0.25, 0.3) is 5.91 Å². The molecule has 1 aromatic rings. The minimum Gasteiger partial charge on any atom is -0.352 e. The summed E-state index contributed by atoms with van der Waals surface area (Å²) in [6.45, 7) is 0.388. The Kier molecular flexibility index (Phi) is 4.84. The van der Waals surface area contributed by atoms with Crippen LogP contribution in [0.5, 0.6) is 0 Å². The first kappa shape index (κ1) is 15.8. The lowest BCUT2D eigenvalue weighted by atomic mass is 9.93. The number of carbonyl (C=O) groups is 2. The fourth-order valence-corrected chi connectivity index (χ4v) is 3.45. The van der Waals surface area contributed by atoms with Crippen LogP contribution in [0.1, 0.15) is 60.9 Å². The van der Waals surface area contributed by atoms with Crippen LogP contribution >= 0.6 is 0 Å². The lowest BCUT2D eigenvalue weighted by Crippen LogP contribution is -2.43. The smallest absolute Gasteiger partial charge is 0.312 e. The van der Waals surface area contributed by atoms with Gasteiger partial charge in [0.05, 0.1) is 0 Å². The van der Waals surface area contributed by atoms with Crippen molar-refractivity contribution in [2.75, 3.05) is 0 Å². The van der Waals surface area contributed by atoms with Gasteiger partial charge in [0.1, 0.15) is 0 Å². The lowest BCUT2D eigenvalue weighted by Gasteiger charge is -2.34. The molecule has 0 heterocycles. The van der Waals surface area contributed by atoms with Gasteiger partial charge in [0.2, 0.25) is 0 Å². The lowest BCUT2D eigenvalue weighted by molar-refractivity contribution is 0.0614. The summed E-state index contributed by atoms with van der Waals surface area (Å²) in [7, 11) is 0. The van der Waals surface area contributed by atoms with Crippen LogP contribution in [0.2, 0.25) is 0 Å². The third-order valence-corrected chi connectivity index (χ3v) is 4.81. The topological polar surface area (TPSA) is 75.4 Å². The number of benzene rings is 1. The van der Waals surface area contributed by atoms with Gasteiger partial charge < -0.3 is 16.0 Å². The molecule has 5 heteroatoms. The predicted molar refractivity (Wildman–Crippen MR) is 88.9 cm³/mol. The summed E-state index contributed by atoms with van der Waals surface area (Å²) in [5.41, 5.74) is 6.75. The van der Waals surface area contributed by atoms with Crippen LogP contribution in [-0.2, 0) is 6.54 Å². The SMILES string of the molecule is NC(=O)NCc1ccc(C(=O)N(C2CCCCC2)C2CC2)cc1. The second kappa shape index (κ2) is 7.02. The molecule has 0 atom stereocenters. The van der Waals surface area contributed by atoms with Gasteiger partial charge in [-0.15, -0.1) is 0 Å². The van der Waals surface area contributed by atoms with Gasteiger partial charge in [-0.25, -0.2) is 4.79 Å². The summed E-state index contributed by atoms with van der Waals surface area (Å²) >= 11 is 0. The Morgan fingerprint density at radius 1 is 1.00 bits per heavy atom. The number of amides is 3. The number of nitrogens with two attached hydrogens (primary N) is 1. The van der Waals surface area contributed by atoms with Gasteiger partial charge in [0.15, 0.2) is 0 Å². The van der Waals surface area contributed by atoms with Gasteiger partial charge in [-0.1, -0.05) is 31.4 Å². The fraction of sp³-hybridized carbons (Fsp3) is 0.556. The van der Waals surface area contributed by atoms with E-state index in [0.29, 0.717) is 18.6 Å². The zero-order chi connectivity index (χ0) is 16.2. The summed E-state index contributed by atoms with van der Waals surface area (Å²) in [5, 5.41) is 2.56. The molecule has 2 fully saturated rings. The van der Waals surface area contributed by atoms with E-state index in [-0.39, 0.29) is 5.91 Å². The van der Waals surface area contributed by atoms with Crippen LogP contribution in [-0.4, -0.2) is 28.9 Å². The monoisotopic (exact) mass is 315 g/mol. The zero-order valence-electron chi connectivity index (χ0n) is 13.5. The first-order valence-electron chi connectivity index (χ1n) is 8.60. The Hall–Kier alpha value is -2.04. The molecule has 3 rings (SSSR count). The largest absolute Gasteiger partial charge is 0.352 e. The number of primary amides is 1. The number of hydrogen-bond acceptors (Lipinski definition) is 2. The standard InChI is InChI=1S/C18H25N3O2/c19-18(23)20-12-13-6-8-14(9-7-13)17(22)21(16-10-11-16)15-4-2-1-3-5-15/h6-9,15-16H,1-5,10-12H2,(H3,19,20,23). The summed E-state index contributed by atoms with van der Waals surface area (Å²) in [6, 6.07) is 7.81. The van der Waals surface area contributed by atoms with Crippen LogP contribution in [0.25, 0.3) is 0 Å². The van der Waals surface area contributed by atoms with Crippen LogP contribution in [0, 0.1) is 0 Å². The highest BCUT2D eigenvalue weighted by Gasteiger charge is 2.37. The minimum atomic E-state index is -0.539. The Bertz CT molecular complexity index is 560. The van der Waals surface area contributed by atoms with Crippen LogP contribution in [0.4, 0.5) is 4.79 Å². The zero-order valence-corrected chi connectivity index (χ0v) is 13.5. The van der Waals surface area contributed by atoms with Crippen molar-refractivity contribution in [1.82, 2.24) is 10.2 Å². The molecule has 2 aliphatic rings. The molecule has 0 radical (unpaired) electrons. The van der Waals surface area contributed by atoms with Crippen molar-refractivity contribution >= 4 is 11.9 Å². The first-order chi connectivity index (χ1) is 11.1.